The number of carbonyl (C=O) groups excluding carboxylic acids is 1. The summed E-state index contributed by atoms with van der Waals surface area (Å²) in [5.41, 5.74) is -1.67. The van der Waals surface area contributed by atoms with Crippen molar-refractivity contribution in [1.29, 1.82) is 0 Å². The monoisotopic (exact) mass is 441 g/mol. The van der Waals surface area contributed by atoms with Crippen LogP contribution in [-0.4, -0.2) is 44.1 Å². The summed E-state index contributed by atoms with van der Waals surface area (Å²) in [6, 6.07) is 2.60. The van der Waals surface area contributed by atoms with Gasteiger partial charge >= 0.3 is 6.18 Å². The molecule has 0 unspecified atom stereocenters. The quantitative estimate of drug-likeness (QED) is 0.740. The minimum absolute atomic E-state index is 0.152. The maximum atomic E-state index is 13.2. The number of sulfone groups is 1. The van der Waals surface area contributed by atoms with Crippen molar-refractivity contribution < 1.29 is 35.9 Å². The molecule has 2 rings (SSSR count). The first-order valence-corrected chi connectivity index (χ1v) is 9.72. The molecule has 0 saturated heterocycles. The number of aromatic nitrogens is 2. The standard InChI is InChI=1S/C15H15ClF3N3O5S/c1-22-14(28(3,24)25)12(16)13(21-22)27-8-4-5-9(15(17,18)19)10(6-8)20-11(23)7-26-2/h4-6H,7H2,1-3H3,(H,20,23). The van der Waals surface area contributed by atoms with Crippen LogP contribution >= 0.6 is 11.6 Å². The first-order chi connectivity index (χ1) is 12.8. The van der Waals surface area contributed by atoms with Crippen molar-refractivity contribution in [1.82, 2.24) is 9.78 Å². The normalized spacial score (nSPS) is 12.1. The van der Waals surface area contributed by atoms with Gasteiger partial charge in [-0.3, -0.25) is 9.48 Å². The van der Waals surface area contributed by atoms with E-state index < -0.39 is 39.8 Å². The van der Waals surface area contributed by atoms with Crippen molar-refractivity contribution >= 4 is 33.0 Å². The average molecular weight is 442 g/mol. The number of carbonyl (C=O) groups is 1. The predicted molar refractivity (Wildman–Crippen MR) is 93.4 cm³/mol. The number of nitrogens with one attached hydrogen (secondary N) is 1. The summed E-state index contributed by atoms with van der Waals surface area (Å²) in [5.74, 6) is -1.28. The molecule has 1 aromatic carbocycles. The molecular formula is C15H15ClF3N3O5S. The number of amides is 1. The lowest BCUT2D eigenvalue weighted by Gasteiger charge is -2.15. The number of aryl methyl sites for hydroxylation is 1. The number of hydrogen-bond acceptors (Lipinski definition) is 6. The Labute approximate surface area is 163 Å². The van der Waals surface area contributed by atoms with Crippen molar-refractivity contribution in [2.45, 2.75) is 11.2 Å². The number of ether oxygens (including phenoxy) is 2. The van der Waals surface area contributed by atoms with Crippen molar-refractivity contribution in [3.63, 3.8) is 0 Å². The van der Waals surface area contributed by atoms with E-state index in [1.165, 1.54) is 14.2 Å². The topological polar surface area (TPSA) is 99.5 Å². The highest BCUT2D eigenvalue weighted by Crippen LogP contribution is 2.39. The molecule has 0 aliphatic rings. The van der Waals surface area contributed by atoms with E-state index in [4.69, 9.17) is 16.3 Å². The van der Waals surface area contributed by atoms with Crippen molar-refractivity contribution in [3.05, 3.63) is 28.8 Å². The van der Waals surface area contributed by atoms with Crippen LogP contribution in [0.2, 0.25) is 5.02 Å². The molecule has 0 saturated carbocycles. The Morgan fingerprint density at radius 1 is 1.36 bits per heavy atom. The molecule has 1 heterocycles. The van der Waals surface area contributed by atoms with Crippen LogP contribution in [0.15, 0.2) is 23.2 Å². The van der Waals surface area contributed by atoms with E-state index in [0.29, 0.717) is 6.07 Å². The van der Waals surface area contributed by atoms with E-state index in [1.54, 1.807) is 0 Å². The van der Waals surface area contributed by atoms with Gasteiger partial charge < -0.3 is 14.8 Å². The average Bonchev–Trinajstić information content (AvgIpc) is 2.80. The number of alkyl halides is 3. The molecule has 154 valence electrons. The second-order valence-corrected chi connectivity index (χ2v) is 7.92. The van der Waals surface area contributed by atoms with Crippen LogP contribution in [-0.2, 0) is 32.6 Å². The lowest BCUT2D eigenvalue weighted by molar-refractivity contribution is -0.137. The molecule has 1 N–H and O–H groups in total. The lowest BCUT2D eigenvalue weighted by atomic mass is 10.1. The van der Waals surface area contributed by atoms with Gasteiger partial charge in [-0.1, -0.05) is 11.6 Å². The summed E-state index contributed by atoms with van der Waals surface area (Å²) in [5, 5.41) is 5.26. The van der Waals surface area contributed by atoms with Crippen molar-refractivity contribution in [3.8, 4) is 11.6 Å². The highest BCUT2D eigenvalue weighted by Gasteiger charge is 2.34. The SMILES string of the molecule is COCC(=O)Nc1cc(Oc2nn(C)c(S(C)(=O)=O)c2Cl)ccc1C(F)(F)F. The molecule has 28 heavy (non-hydrogen) atoms. The fourth-order valence-corrected chi connectivity index (χ4v) is 3.85. The molecule has 0 aliphatic heterocycles. The van der Waals surface area contributed by atoms with Crippen LogP contribution in [0, 0.1) is 0 Å². The Morgan fingerprint density at radius 2 is 2.00 bits per heavy atom. The minimum Gasteiger partial charge on any atom is -0.436 e. The zero-order valence-corrected chi connectivity index (χ0v) is 16.4. The molecule has 13 heteroatoms. The highest BCUT2D eigenvalue weighted by molar-refractivity contribution is 7.90. The number of nitrogens with zero attached hydrogens (tertiary/aromatic N) is 2. The van der Waals surface area contributed by atoms with E-state index >= 15 is 0 Å². The molecule has 1 amide bonds. The van der Waals surface area contributed by atoms with Crippen molar-refractivity contribution in [2.24, 2.45) is 7.05 Å². The van der Waals surface area contributed by atoms with Gasteiger partial charge in [-0.25, -0.2) is 8.42 Å². The minimum atomic E-state index is -4.74. The maximum Gasteiger partial charge on any atom is 0.418 e. The maximum absolute atomic E-state index is 13.2. The number of benzene rings is 1. The van der Waals surface area contributed by atoms with Crippen LogP contribution in [0.4, 0.5) is 18.9 Å². The van der Waals surface area contributed by atoms with Gasteiger partial charge in [0.05, 0.1) is 11.3 Å². The first-order valence-electron chi connectivity index (χ1n) is 7.45. The highest BCUT2D eigenvalue weighted by atomic mass is 35.5. The molecule has 0 atom stereocenters. The van der Waals surface area contributed by atoms with Gasteiger partial charge in [-0.05, 0) is 12.1 Å². The Hall–Kier alpha value is -2.31. The summed E-state index contributed by atoms with van der Waals surface area (Å²) in [4.78, 5) is 11.6. The predicted octanol–water partition coefficient (Wildman–Crippen LogP) is 2.87. The van der Waals surface area contributed by atoms with Gasteiger partial charge in [0.25, 0.3) is 5.88 Å². The Bertz CT molecular complexity index is 1010. The van der Waals surface area contributed by atoms with E-state index in [0.717, 1.165) is 23.1 Å². The third-order valence-electron chi connectivity index (χ3n) is 3.32. The van der Waals surface area contributed by atoms with Crippen LogP contribution in [0.1, 0.15) is 5.56 Å². The number of halogens is 4. The largest absolute Gasteiger partial charge is 0.436 e. The lowest BCUT2D eigenvalue weighted by Crippen LogP contribution is -2.20. The second kappa shape index (κ2) is 7.97. The molecule has 0 radical (unpaired) electrons. The molecular weight excluding hydrogens is 427 g/mol. The fourth-order valence-electron chi connectivity index (χ4n) is 2.29. The molecule has 2 aromatic rings. The van der Waals surface area contributed by atoms with Gasteiger partial charge in [0.1, 0.15) is 17.4 Å². The van der Waals surface area contributed by atoms with Gasteiger partial charge in [0, 0.05) is 26.5 Å². The summed E-state index contributed by atoms with van der Waals surface area (Å²) < 4.78 is 73.9. The van der Waals surface area contributed by atoms with E-state index in [1.807, 2.05) is 0 Å². The van der Waals surface area contributed by atoms with Gasteiger partial charge in [0.2, 0.25) is 5.91 Å². The first kappa shape index (κ1) is 22.0. The fraction of sp³-hybridized carbons (Fsp3) is 0.333. The Balaban J connectivity index is 2.44. The number of rotatable bonds is 6. The smallest absolute Gasteiger partial charge is 0.418 e. The van der Waals surface area contributed by atoms with Crippen LogP contribution in [0.25, 0.3) is 0 Å². The van der Waals surface area contributed by atoms with Crippen LogP contribution < -0.4 is 10.1 Å². The number of hydrogen-bond donors (Lipinski definition) is 1. The van der Waals surface area contributed by atoms with Crippen LogP contribution in [0.3, 0.4) is 0 Å². The van der Waals surface area contributed by atoms with Gasteiger partial charge in [0.15, 0.2) is 14.9 Å². The summed E-state index contributed by atoms with van der Waals surface area (Å²) >= 11 is 5.98. The third-order valence-corrected chi connectivity index (χ3v) is 4.95. The molecule has 0 spiro atoms. The van der Waals surface area contributed by atoms with Crippen molar-refractivity contribution in [2.75, 3.05) is 25.3 Å². The Morgan fingerprint density at radius 3 is 2.50 bits per heavy atom. The van der Waals surface area contributed by atoms with Gasteiger partial charge in [-0.15, -0.1) is 5.10 Å². The Kier molecular flexibility index (Phi) is 6.26. The zero-order valence-electron chi connectivity index (χ0n) is 14.8. The second-order valence-electron chi connectivity index (χ2n) is 5.61. The molecule has 0 bridgehead atoms. The summed E-state index contributed by atoms with van der Waals surface area (Å²) in [6.07, 6.45) is -3.82. The van der Waals surface area contributed by atoms with E-state index in [9.17, 15) is 26.4 Å². The van der Waals surface area contributed by atoms with E-state index in [2.05, 4.69) is 15.2 Å². The number of anilines is 1. The van der Waals surface area contributed by atoms with Crippen LogP contribution in [0.5, 0.6) is 11.6 Å². The zero-order chi connectivity index (χ0) is 21.3. The molecule has 1 aromatic heterocycles. The molecule has 0 fully saturated rings. The third kappa shape index (κ3) is 4.94. The molecule has 0 aliphatic carbocycles. The number of methoxy groups -OCH3 is 1. The summed E-state index contributed by atoms with van der Waals surface area (Å²) in [6.45, 7) is -0.452. The molecule has 8 nitrogen and oxygen atoms in total. The summed E-state index contributed by atoms with van der Waals surface area (Å²) in [7, 11) is -1.19. The van der Waals surface area contributed by atoms with Gasteiger partial charge in [-0.2, -0.15) is 13.2 Å². The van der Waals surface area contributed by atoms with E-state index in [-0.39, 0.29) is 21.7 Å².